The van der Waals surface area contributed by atoms with Crippen LogP contribution in [0.5, 0.6) is 0 Å². The summed E-state index contributed by atoms with van der Waals surface area (Å²) in [6, 6.07) is 9.47. The molecule has 4 rings (SSSR count). The molecule has 1 fully saturated rings. The minimum absolute atomic E-state index is 0.0183. The highest BCUT2D eigenvalue weighted by Crippen LogP contribution is 2.37. The Hall–Kier alpha value is -2.99. The molecule has 0 spiro atoms. The normalized spacial score (nSPS) is 19.1. The Morgan fingerprint density at radius 2 is 1.86 bits per heavy atom. The molecule has 28 heavy (non-hydrogen) atoms. The van der Waals surface area contributed by atoms with E-state index < -0.39 is 0 Å². The van der Waals surface area contributed by atoms with Crippen molar-refractivity contribution in [2.24, 2.45) is 0 Å². The van der Waals surface area contributed by atoms with Crippen LogP contribution in [0, 0.1) is 0 Å². The molecular formula is C22H24N4O2. The van der Waals surface area contributed by atoms with E-state index in [0.717, 1.165) is 48.4 Å². The summed E-state index contributed by atoms with van der Waals surface area (Å²) in [7, 11) is 2.13. The first-order chi connectivity index (χ1) is 13.5. The van der Waals surface area contributed by atoms with Gasteiger partial charge in [0.05, 0.1) is 11.3 Å². The molecule has 1 amide bonds. The van der Waals surface area contributed by atoms with Gasteiger partial charge in [-0.25, -0.2) is 0 Å². The van der Waals surface area contributed by atoms with Gasteiger partial charge in [-0.1, -0.05) is 0 Å². The summed E-state index contributed by atoms with van der Waals surface area (Å²) in [6.07, 6.45) is 5.48. The van der Waals surface area contributed by atoms with E-state index in [4.69, 9.17) is 0 Å². The highest BCUT2D eigenvalue weighted by Gasteiger charge is 2.30. The number of hydrogen-bond donors (Lipinski definition) is 2. The number of carbonyl (C=O) groups excluding carboxylic acids is 2. The third-order valence-electron chi connectivity index (χ3n) is 5.46. The Morgan fingerprint density at radius 1 is 1.14 bits per heavy atom. The number of carbonyl (C=O) groups is 2. The zero-order chi connectivity index (χ0) is 19.7. The lowest BCUT2D eigenvalue weighted by molar-refractivity contribution is -0.110. The maximum atomic E-state index is 12.9. The van der Waals surface area contributed by atoms with Crippen LogP contribution >= 0.6 is 0 Å². The van der Waals surface area contributed by atoms with Crippen molar-refractivity contribution in [3.05, 3.63) is 59.4 Å². The molecule has 2 aliphatic heterocycles. The summed E-state index contributed by atoms with van der Waals surface area (Å²) < 4.78 is 0. The Labute approximate surface area is 164 Å². The summed E-state index contributed by atoms with van der Waals surface area (Å²) in [5.41, 5.74) is 4.41. The van der Waals surface area contributed by atoms with Gasteiger partial charge in [0, 0.05) is 40.8 Å². The maximum Gasteiger partial charge on any atom is 0.258 e. The summed E-state index contributed by atoms with van der Waals surface area (Å²) >= 11 is 0. The molecule has 1 aromatic carbocycles. The number of piperidine rings is 1. The maximum absolute atomic E-state index is 12.9. The van der Waals surface area contributed by atoms with Crippen LogP contribution in [-0.4, -0.2) is 47.8 Å². The number of anilines is 1. The predicted molar refractivity (Wildman–Crippen MR) is 110 cm³/mol. The van der Waals surface area contributed by atoms with Crippen molar-refractivity contribution in [2.45, 2.75) is 25.8 Å². The average Bonchev–Trinajstić information content (AvgIpc) is 3.03. The van der Waals surface area contributed by atoms with Crippen molar-refractivity contribution >= 4 is 28.6 Å². The number of nitrogens with one attached hydrogen (secondary N) is 2. The van der Waals surface area contributed by atoms with Crippen molar-refractivity contribution in [3.63, 3.8) is 0 Å². The van der Waals surface area contributed by atoms with Gasteiger partial charge >= 0.3 is 0 Å². The fourth-order valence-electron chi connectivity index (χ4n) is 3.81. The van der Waals surface area contributed by atoms with Crippen LogP contribution in [0.2, 0.25) is 0 Å². The molecule has 1 aromatic heterocycles. The molecule has 0 atom stereocenters. The standard InChI is InChI=1S/C22H24N4O2/c1-14(27)16-3-4-19-18(13-16)20(22(28)25-19)21(15-5-9-23-10-6-15)24-17-7-11-26(2)12-8-17/h3-6,9-10,13,17,24H,7-8,11-12H2,1-2H3,(H,25,28). The lowest BCUT2D eigenvalue weighted by atomic mass is 9.96. The molecule has 2 aromatic rings. The third-order valence-corrected chi connectivity index (χ3v) is 5.46. The highest BCUT2D eigenvalue weighted by molar-refractivity contribution is 6.36. The number of benzene rings is 1. The molecular weight excluding hydrogens is 352 g/mol. The molecule has 0 saturated carbocycles. The molecule has 1 saturated heterocycles. The number of rotatable bonds is 4. The number of hydrogen-bond acceptors (Lipinski definition) is 5. The molecule has 0 unspecified atom stereocenters. The Balaban J connectivity index is 1.81. The van der Waals surface area contributed by atoms with Gasteiger partial charge in [-0.3, -0.25) is 14.6 Å². The van der Waals surface area contributed by atoms with E-state index >= 15 is 0 Å². The second-order valence-corrected chi connectivity index (χ2v) is 7.48. The molecule has 0 radical (unpaired) electrons. The van der Waals surface area contributed by atoms with Crippen molar-refractivity contribution < 1.29 is 9.59 Å². The number of likely N-dealkylation sites (tertiary alicyclic amines) is 1. The Bertz CT molecular complexity index is 944. The molecule has 2 N–H and O–H groups in total. The molecule has 3 heterocycles. The first-order valence-electron chi connectivity index (χ1n) is 9.59. The quantitative estimate of drug-likeness (QED) is 0.634. The van der Waals surface area contributed by atoms with E-state index in [1.54, 1.807) is 24.5 Å². The summed E-state index contributed by atoms with van der Waals surface area (Å²) in [5.74, 6) is -0.168. The number of ketones is 1. The van der Waals surface area contributed by atoms with E-state index in [1.165, 1.54) is 6.92 Å². The summed E-state index contributed by atoms with van der Waals surface area (Å²) in [4.78, 5) is 31.2. The first-order valence-corrected chi connectivity index (χ1v) is 9.59. The number of pyridine rings is 1. The molecule has 6 heteroatoms. The molecule has 0 aliphatic carbocycles. The zero-order valence-corrected chi connectivity index (χ0v) is 16.2. The van der Waals surface area contributed by atoms with Gasteiger partial charge in [-0.2, -0.15) is 0 Å². The van der Waals surface area contributed by atoms with Crippen LogP contribution in [0.15, 0.2) is 42.7 Å². The smallest absolute Gasteiger partial charge is 0.258 e. The van der Waals surface area contributed by atoms with Crippen LogP contribution in [0.3, 0.4) is 0 Å². The van der Waals surface area contributed by atoms with Crippen LogP contribution in [0.4, 0.5) is 5.69 Å². The number of Topliss-reactive ketones (excluding diaryl/α,β-unsaturated/α-hetero) is 1. The van der Waals surface area contributed by atoms with E-state index in [9.17, 15) is 9.59 Å². The molecule has 2 aliphatic rings. The fraction of sp³-hybridized carbons (Fsp3) is 0.318. The Morgan fingerprint density at radius 3 is 2.54 bits per heavy atom. The largest absolute Gasteiger partial charge is 0.381 e. The predicted octanol–water partition coefficient (Wildman–Crippen LogP) is 2.79. The number of amides is 1. The van der Waals surface area contributed by atoms with Gasteiger partial charge in [0.2, 0.25) is 0 Å². The van der Waals surface area contributed by atoms with Gasteiger partial charge in [0.1, 0.15) is 0 Å². The van der Waals surface area contributed by atoms with E-state index in [0.29, 0.717) is 17.2 Å². The first kappa shape index (κ1) is 18.4. The number of nitrogens with zero attached hydrogens (tertiary/aromatic N) is 2. The van der Waals surface area contributed by atoms with Crippen LogP contribution in [-0.2, 0) is 4.79 Å². The second-order valence-electron chi connectivity index (χ2n) is 7.48. The number of fused-ring (bicyclic) bond motifs is 1. The summed E-state index contributed by atoms with van der Waals surface area (Å²) in [5, 5.41) is 6.57. The minimum atomic E-state index is -0.150. The van der Waals surface area contributed by atoms with Gasteiger partial charge in [-0.15, -0.1) is 0 Å². The average molecular weight is 376 g/mol. The van der Waals surface area contributed by atoms with Crippen LogP contribution in [0.25, 0.3) is 11.3 Å². The van der Waals surface area contributed by atoms with Gasteiger partial charge in [-0.05, 0) is 70.2 Å². The van der Waals surface area contributed by atoms with Crippen molar-refractivity contribution in [2.75, 3.05) is 25.5 Å². The lowest BCUT2D eigenvalue weighted by Gasteiger charge is -2.31. The van der Waals surface area contributed by atoms with Gasteiger partial charge in [0.25, 0.3) is 5.91 Å². The van der Waals surface area contributed by atoms with Crippen LogP contribution < -0.4 is 10.6 Å². The molecule has 6 nitrogen and oxygen atoms in total. The van der Waals surface area contributed by atoms with Crippen LogP contribution in [0.1, 0.15) is 41.3 Å². The number of aromatic nitrogens is 1. The van der Waals surface area contributed by atoms with Crippen molar-refractivity contribution in [3.8, 4) is 0 Å². The Kier molecular flexibility index (Phi) is 4.96. The van der Waals surface area contributed by atoms with E-state index in [-0.39, 0.29) is 11.7 Å². The molecule has 0 bridgehead atoms. The van der Waals surface area contributed by atoms with Crippen molar-refractivity contribution in [1.29, 1.82) is 0 Å². The fourth-order valence-corrected chi connectivity index (χ4v) is 3.81. The minimum Gasteiger partial charge on any atom is -0.381 e. The SMILES string of the molecule is CC(=O)c1ccc2c(c1)C(=C(NC1CCN(C)CC1)c1ccncc1)C(=O)N2. The van der Waals surface area contributed by atoms with E-state index in [1.807, 2.05) is 18.2 Å². The van der Waals surface area contributed by atoms with Crippen molar-refractivity contribution in [1.82, 2.24) is 15.2 Å². The lowest BCUT2D eigenvalue weighted by Crippen LogP contribution is -2.40. The summed E-state index contributed by atoms with van der Waals surface area (Å²) in [6.45, 7) is 3.58. The van der Waals surface area contributed by atoms with E-state index in [2.05, 4.69) is 27.6 Å². The second kappa shape index (κ2) is 7.56. The topological polar surface area (TPSA) is 74.3 Å². The van der Waals surface area contributed by atoms with Gasteiger partial charge in [0.15, 0.2) is 5.78 Å². The zero-order valence-electron chi connectivity index (χ0n) is 16.2. The van der Waals surface area contributed by atoms with Gasteiger partial charge < -0.3 is 15.5 Å². The molecule has 144 valence electrons. The monoisotopic (exact) mass is 376 g/mol. The highest BCUT2D eigenvalue weighted by atomic mass is 16.2. The third kappa shape index (κ3) is 3.55.